The van der Waals surface area contributed by atoms with Crippen molar-refractivity contribution in [2.45, 2.75) is 31.8 Å². The van der Waals surface area contributed by atoms with Gasteiger partial charge in [0.05, 0.1) is 6.10 Å². The molecule has 2 rings (SSSR count). The van der Waals surface area contributed by atoms with E-state index < -0.39 is 0 Å². The average molecular weight is 273 g/mol. The van der Waals surface area contributed by atoms with Crippen molar-refractivity contribution in [3.8, 4) is 0 Å². The highest BCUT2D eigenvalue weighted by Crippen LogP contribution is 2.34. The van der Waals surface area contributed by atoms with E-state index in [9.17, 15) is 9.50 Å². The third-order valence-corrected chi connectivity index (χ3v) is 3.15. The highest BCUT2D eigenvalue weighted by molar-refractivity contribution is 9.10. The van der Waals surface area contributed by atoms with E-state index >= 15 is 0 Å². The minimum Gasteiger partial charge on any atom is -0.393 e. The van der Waals surface area contributed by atoms with Gasteiger partial charge in [0.2, 0.25) is 0 Å². The van der Waals surface area contributed by atoms with Gasteiger partial charge < -0.3 is 5.11 Å². The molecule has 1 aromatic rings. The first-order valence-corrected chi connectivity index (χ1v) is 6.06. The molecule has 0 aromatic heterocycles. The predicted molar refractivity (Wildman–Crippen MR) is 61.2 cm³/mol. The molecule has 0 aliphatic heterocycles. The number of aliphatic hydroxyl groups excluding tert-OH is 1. The van der Waals surface area contributed by atoms with Crippen LogP contribution >= 0.6 is 15.9 Å². The first-order valence-electron chi connectivity index (χ1n) is 5.26. The lowest BCUT2D eigenvalue weighted by molar-refractivity contribution is 0.158. The fraction of sp³-hybridized carbons (Fsp3) is 0.500. The molecule has 1 aromatic carbocycles. The molecule has 0 heterocycles. The first-order chi connectivity index (χ1) is 7.13. The average Bonchev–Trinajstić information content (AvgIpc) is 2.85. The van der Waals surface area contributed by atoms with Gasteiger partial charge >= 0.3 is 0 Å². The number of hydrogen-bond acceptors (Lipinski definition) is 1. The Bertz CT molecular complexity index is 329. The summed E-state index contributed by atoms with van der Waals surface area (Å²) in [6.45, 7) is 0. The van der Waals surface area contributed by atoms with Crippen molar-refractivity contribution in [3.63, 3.8) is 0 Å². The molecule has 1 fully saturated rings. The van der Waals surface area contributed by atoms with Gasteiger partial charge in [0.1, 0.15) is 5.82 Å². The summed E-state index contributed by atoms with van der Waals surface area (Å²) in [5, 5.41) is 9.76. The third kappa shape index (κ3) is 3.58. The number of halogens is 2. The monoisotopic (exact) mass is 272 g/mol. The van der Waals surface area contributed by atoms with Crippen molar-refractivity contribution in [1.29, 1.82) is 0 Å². The van der Waals surface area contributed by atoms with Gasteiger partial charge in [0.25, 0.3) is 0 Å². The summed E-state index contributed by atoms with van der Waals surface area (Å²) in [7, 11) is 0. The molecule has 15 heavy (non-hydrogen) atoms. The minimum atomic E-state index is -0.328. The lowest BCUT2D eigenvalue weighted by atomic mass is 10.0. The Kier molecular flexibility index (Phi) is 3.42. The van der Waals surface area contributed by atoms with E-state index in [-0.39, 0.29) is 11.9 Å². The molecular weight excluding hydrogens is 259 g/mol. The quantitative estimate of drug-likeness (QED) is 0.892. The van der Waals surface area contributed by atoms with Crippen LogP contribution in [0.25, 0.3) is 0 Å². The second-order valence-electron chi connectivity index (χ2n) is 4.31. The summed E-state index contributed by atoms with van der Waals surface area (Å²) in [6.07, 6.45) is 3.56. The molecule has 1 nitrogen and oxygen atoms in total. The Hall–Kier alpha value is -0.410. The van der Waals surface area contributed by atoms with E-state index in [4.69, 9.17) is 0 Å². The van der Waals surface area contributed by atoms with E-state index in [2.05, 4.69) is 15.9 Å². The molecular formula is C12H14BrFO. The van der Waals surface area contributed by atoms with Gasteiger partial charge in [-0.15, -0.1) is 0 Å². The van der Waals surface area contributed by atoms with Crippen LogP contribution in [0.1, 0.15) is 24.8 Å². The zero-order valence-corrected chi connectivity index (χ0v) is 10.0. The van der Waals surface area contributed by atoms with Gasteiger partial charge in [-0.05, 0) is 42.5 Å². The Morgan fingerprint density at radius 1 is 1.40 bits per heavy atom. The van der Waals surface area contributed by atoms with Crippen molar-refractivity contribution in [2.75, 3.05) is 0 Å². The van der Waals surface area contributed by atoms with Crippen LogP contribution in [-0.4, -0.2) is 11.2 Å². The minimum absolute atomic E-state index is 0.252. The van der Waals surface area contributed by atoms with Gasteiger partial charge in [-0.1, -0.05) is 28.8 Å². The van der Waals surface area contributed by atoms with Crippen molar-refractivity contribution in [3.05, 3.63) is 34.1 Å². The molecule has 1 aliphatic carbocycles. The Labute approximate surface area is 97.4 Å². The molecule has 82 valence electrons. The topological polar surface area (TPSA) is 20.2 Å². The van der Waals surface area contributed by atoms with Crippen LogP contribution in [-0.2, 0) is 6.42 Å². The molecule has 0 saturated heterocycles. The second-order valence-corrected chi connectivity index (χ2v) is 5.23. The van der Waals surface area contributed by atoms with Gasteiger partial charge in [-0.3, -0.25) is 0 Å². The van der Waals surface area contributed by atoms with Gasteiger partial charge in [-0.2, -0.15) is 0 Å². The molecule has 1 N–H and O–H groups in total. The van der Waals surface area contributed by atoms with E-state index in [1.165, 1.54) is 25.0 Å². The van der Waals surface area contributed by atoms with E-state index in [0.29, 0.717) is 12.3 Å². The molecule has 1 saturated carbocycles. The van der Waals surface area contributed by atoms with E-state index in [1.807, 2.05) is 6.07 Å². The molecule has 0 radical (unpaired) electrons. The second kappa shape index (κ2) is 4.62. The maximum atomic E-state index is 13.0. The number of rotatable bonds is 4. The van der Waals surface area contributed by atoms with Crippen LogP contribution in [0, 0.1) is 11.7 Å². The standard InChI is InChI=1S/C12H14BrFO/c13-10-3-9(4-11(14)7-10)6-12(15)5-8-1-2-8/h3-4,7-8,12,15H,1-2,5-6H2. The van der Waals surface area contributed by atoms with E-state index in [1.54, 1.807) is 0 Å². The van der Waals surface area contributed by atoms with Gasteiger partial charge in [0, 0.05) is 4.47 Å². The lowest BCUT2D eigenvalue weighted by Gasteiger charge is -2.10. The van der Waals surface area contributed by atoms with E-state index in [0.717, 1.165) is 16.5 Å². The number of benzene rings is 1. The number of hydrogen-bond donors (Lipinski definition) is 1. The smallest absolute Gasteiger partial charge is 0.124 e. The fourth-order valence-electron chi connectivity index (χ4n) is 1.82. The van der Waals surface area contributed by atoms with Gasteiger partial charge in [0.15, 0.2) is 0 Å². The predicted octanol–water partition coefficient (Wildman–Crippen LogP) is 3.29. The summed E-state index contributed by atoms with van der Waals surface area (Å²) < 4.78 is 13.8. The molecule has 1 unspecified atom stereocenters. The highest BCUT2D eigenvalue weighted by atomic mass is 79.9. The molecule has 1 atom stereocenters. The van der Waals surface area contributed by atoms with Crippen molar-refractivity contribution >= 4 is 15.9 Å². The van der Waals surface area contributed by atoms with Crippen molar-refractivity contribution in [2.24, 2.45) is 5.92 Å². The van der Waals surface area contributed by atoms with Crippen molar-refractivity contribution < 1.29 is 9.50 Å². The summed E-state index contributed by atoms with van der Waals surface area (Å²) in [6, 6.07) is 4.77. The maximum Gasteiger partial charge on any atom is 0.124 e. The maximum absolute atomic E-state index is 13.0. The molecule has 0 bridgehead atoms. The van der Waals surface area contributed by atoms with Crippen LogP contribution in [0.4, 0.5) is 4.39 Å². The fourth-order valence-corrected chi connectivity index (χ4v) is 2.34. The highest BCUT2D eigenvalue weighted by Gasteiger charge is 2.24. The van der Waals surface area contributed by atoms with Crippen LogP contribution in [0.3, 0.4) is 0 Å². The Balaban J connectivity index is 1.96. The van der Waals surface area contributed by atoms with Crippen LogP contribution in [0.2, 0.25) is 0 Å². The molecule has 0 amide bonds. The lowest BCUT2D eigenvalue weighted by Crippen LogP contribution is -2.11. The number of aliphatic hydroxyl groups is 1. The zero-order valence-electron chi connectivity index (χ0n) is 8.42. The molecule has 1 aliphatic rings. The normalized spacial score (nSPS) is 17.8. The summed E-state index contributed by atoms with van der Waals surface area (Å²) in [4.78, 5) is 0. The van der Waals surface area contributed by atoms with Gasteiger partial charge in [-0.25, -0.2) is 4.39 Å². The van der Waals surface area contributed by atoms with Crippen molar-refractivity contribution in [1.82, 2.24) is 0 Å². The third-order valence-electron chi connectivity index (χ3n) is 2.70. The van der Waals surface area contributed by atoms with Crippen LogP contribution in [0.5, 0.6) is 0 Å². The summed E-state index contributed by atoms with van der Waals surface area (Å²) >= 11 is 3.24. The summed E-state index contributed by atoms with van der Waals surface area (Å²) in [5.41, 5.74) is 0.857. The molecule has 0 spiro atoms. The Morgan fingerprint density at radius 2 is 2.13 bits per heavy atom. The zero-order chi connectivity index (χ0) is 10.8. The first kappa shape index (κ1) is 11.1. The molecule has 3 heteroatoms. The summed E-state index contributed by atoms with van der Waals surface area (Å²) in [5.74, 6) is 0.454. The van der Waals surface area contributed by atoms with Crippen LogP contribution < -0.4 is 0 Å². The largest absolute Gasteiger partial charge is 0.393 e. The SMILES string of the molecule is OC(Cc1cc(F)cc(Br)c1)CC1CC1. The Morgan fingerprint density at radius 3 is 2.73 bits per heavy atom. The van der Waals surface area contributed by atoms with Crippen LogP contribution in [0.15, 0.2) is 22.7 Å².